The maximum Gasteiger partial charge on any atom is 0.387 e. The Kier molecular flexibility index (Phi) is 4.14. The highest BCUT2D eigenvalue weighted by molar-refractivity contribution is 5.79. The Balaban J connectivity index is 1.96. The van der Waals surface area contributed by atoms with Crippen LogP contribution in [0.2, 0.25) is 0 Å². The highest BCUT2D eigenvalue weighted by Gasteiger charge is 2.07. The van der Waals surface area contributed by atoms with E-state index in [0.717, 1.165) is 0 Å². The van der Waals surface area contributed by atoms with Crippen LogP contribution in [0.25, 0.3) is 23.1 Å². The topological polar surface area (TPSA) is 55.0 Å². The largest absolute Gasteiger partial charge is 0.434 e. The van der Waals surface area contributed by atoms with Gasteiger partial charge in [-0.15, -0.1) is 0 Å². The second-order valence-corrected chi connectivity index (χ2v) is 4.72. The number of hydrogen-bond acceptors (Lipinski definition) is 3. The van der Waals surface area contributed by atoms with Crippen molar-refractivity contribution in [3.8, 4) is 5.75 Å². The molecule has 0 atom stereocenters. The van der Waals surface area contributed by atoms with Gasteiger partial charge in [-0.25, -0.2) is 4.98 Å². The molecule has 1 N–H and O–H groups in total. The summed E-state index contributed by atoms with van der Waals surface area (Å²) in [7, 11) is 0. The molecule has 0 radical (unpaired) electrons. The summed E-state index contributed by atoms with van der Waals surface area (Å²) >= 11 is 0. The average Bonchev–Trinajstić information content (AvgIpc) is 2.54. The number of nitrogens with zero attached hydrogens (tertiary/aromatic N) is 1. The number of nitrogens with one attached hydrogen (secondary N) is 1. The van der Waals surface area contributed by atoms with Gasteiger partial charge >= 0.3 is 6.61 Å². The van der Waals surface area contributed by atoms with Crippen LogP contribution in [0, 0.1) is 0 Å². The van der Waals surface area contributed by atoms with Crippen molar-refractivity contribution in [1.82, 2.24) is 9.97 Å². The van der Waals surface area contributed by atoms with E-state index in [1.54, 1.807) is 54.6 Å². The van der Waals surface area contributed by atoms with Crippen molar-refractivity contribution in [1.29, 1.82) is 0 Å². The molecule has 2 aromatic carbocycles. The van der Waals surface area contributed by atoms with Gasteiger partial charge in [0.15, 0.2) is 0 Å². The van der Waals surface area contributed by atoms with Gasteiger partial charge < -0.3 is 9.72 Å². The van der Waals surface area contributed by atoms with E-state index in [1.165, 1.54) is 6.07 Å². The zero-order valence-electron chi connectivity index (χ0n) is 11.9. The molecule has 0 saturated heterocycles. The Bertz CT molecular complexity index is 920. The van der Waals surface area contributed by atoms with E-state index in [-0.39, 0.29) is 11.3 Å². The molecule has 116 valence electrons. The molecule has 0 unspecified atom stereocenters. The van der Waals surface area contributed by atoms with E-state index in [0.29, 0.717) is 22.3 Å². The molecular weight excluding hydrogens is 302 g/mol. The fraction of sp³-hybridized carbons (Fsp3) is 0.0588. The molecule has 0 bridgehead atoms. The van der Waals surface area contributed by atoms with Crippen molar-refractivity contribution in [2.45, 2.75) is 6.61 Å². The second kappa shape index (κ2) is 6.39. The molecule has 6 heteroatoms. The van der Waals surface area contributed by atoms with E-state index in [1.807, 2.05) is 0 Å². The van der Waals surface area contributed by atoms with Crippen LogP contribution in [0.1, 0.15) is 11.4 Å². The number of hydrogen-bond donors (Lipinski definition) is 1. The van der Waals surface area contributed by atoms with Gasteiger partial charge in [0.25, 0.3) is 5.56 Å². The molecule has 0 fully saturated rings. The van der Waals surface area contributed by atoms with E-state index in [9.17, 15) is 13.6 Å². The minimum Gasteiger partial charge on any atom is -0.434 e. The minimum atomic E-state index is -2.90. The average molecular weight is 314 g/mol. The molecule has 1 aromatic heterocycles. The molecule has 1 heterocycles. The first-order chi connectivity index (χ1) is 11.1. The monoisotopic (exact) mass is 314 g/mol. The summed E-state index contributed by atoms with van der Waals surface area (Å²) in [5.74, 6) is 0.391. The summed E-state index contributed by atoms with van der Waals surface area (Å²) in [4.78, 5) is 18.9. The molecule has 0 aliphatic heterocycles. The van der Waals surface area contributed by atoms with Gasteiger partial charge in [0.05, 0.1) is 10.9 Å². The van der Waals surface area contributed by atoms with Crippen LogP contribution < -0.4 is 10.3 Å². The van der Waals surface area contributed by atoms with E-state index >= 15 is 0 Å². The lowest BCUT2D eigenvalue weighted by Gasteiger charge is -2.07. The number of ether oxygens (including phenoxy) is 1. The number of H-pyrrole nitrogens is 1. The number of benzene rings is 2. The molecule has 0 aliphatic carbocycles. The van der Waals surface area contributed by atoms with Crippen LogP contribution in [-0.4, -0.2) is 16.6 Å². The van der Waals surface area contributed by atoms with Gasteiger partial charge in [-0.2, -0.15) is 8.78 Å². The number of fused-ring (bicyclic) bond motifs is 1. The molecule has 4 nitrogen and oxygen atoms in total. The number of para-hydroxylation sites is 2. The van der Waals surface area contributed by atoms with Crippen LogP contribution >= 0.6 is 0 Å². The van der Waals surface area contributed by atoms with Gasteiger partial charge in [0.1, 0.15) is 11.6 Å². The molecule has 0 amide bonds. The Labute approximate surface area is 130 Å². The fourth-order valence-corrected chi connectivity index (χ4v) is 2.17. The standard InChI is InChI=1S/C17H12F2N2O2/c18-17(19)23-14-8-4-1-5-11(14)9-10-15-20-13-7-3-2-6-12(13)16(22)21-15/h1-10,17H,(H,20,21,22). The molecule has 23 heavy (non-hydrogen) atoms. The number of rotatable bonds is 4. The van der Waals surface area contributed by atoms with Gasteiger partial charge in [0.2, 0.25) is 0 Å². The molecule has 3 rings (SSSR count). The highest BCUT2D eigenvalue weighted by atomic mass is 19.3. The third-order valence-corrected chi connectivity index (χ3v) is 3.19. The van der Waals surface area contributed by atoms with Crippen molar-refractivity contribution in [2.75, 3.05) is 0 Å². The van der Waals surface area contributed by atoms with Crippen molar-refractivity contribution >= 4 is 23.1 Å². The van der Waals surface area contributed by atoms with Crippen molar-refractivity contribution in [2.24, 2.45) is 0 Å². The third kappa shape index (κ3) is 3.42. The molecule has 0 saturated carbocycles. The molecule has 0 aliphatic rings. The first-order valence-electron chi connectivity index (χ1n) is 6.84. The number of aromatic amines is 1. The van der Waals surface area contributed by atoms with Crippen molar-refractivity contribution in [3.05, 3.63) is 70.3 Å². The zero-order chi connectivity index (χ0) is 16.2. The highest BCUT2D eigenvalue weighted by Crippen LogP contribution is 2.22. The van der Waals surface area contributed by atoms with Crippen LogP contribution in [0.3, 0.4) is 0 Å². The van der Waals surface area contributed by atoms with Gasteiger partial charge in [-0.1, -0.05) is 30.3 Å². The lowest BCUT2D eigenvalue weighted by atomic mass is 10.2. The normalized spacial score (nSPS) is 11.4. The van der Waals surface area contributed by atoms with E-state index < -0.39 is 6.61 Å². The van der Waals surface area contributed by atoms with E-state index in [2.05, 4.69) is 14.7 Å². The maximum absolute atomic E-state index is 12.4. The number of alkyl halides is 2. The van der Waals surface area contributed by atoms with Crippen LogP contribution in [-0.2, 0) is 0 Å². The van der Waals surface area contributed by atoms with Gasteiger partial charge in [-0.3, -0.25) is 4.79 Å². The van der Waals surface area contributed by atoms with Crippen molar-refractivity contribution < 1.29 is 13.5 Å². The van der Waals surface area contributed by atoms with Gasteiger partial charge in [0, 0.05) is 5.56 Å². The minimum absolute atomic E-state index is 0.0573. The summed E-state index contributed by atoms with van der Waals surface area (Å²) in [6, 6.07) is 13.3. The predicted octanol–water partition coefficient (Wildman–Crippen LogP) is 3.69. The maximum atomic E-state index is 12.4. The zero-order valence-corrected chi connectivity index (χ0v) is 11.9. The summed E-state index contributed by atoms with van der Waals surface area (Å²) in [6.07, 6.45) is 3.10. The smallest absolute Gasteiger partial charge is 0.387 e. The summed E-state index contributed by atoms with van der Waals surface area (Å²) in [5.41, 5.74) is 0.768. The Hall–Kier alpha value is -3.02. The first kappa shape index (κ1) is 14.9. The Morgan fingerprint density at radius 3 is 2.61 bits per heavy atom. The quantitative estimate of drug-likeness (QED) is 0.799. The second-order valence-electron chi connectivity index (χ2n) is 4.72. The predicted molar refractivity (Wildman–Crippen MR) is 84.4 cm³/mol. The van der Waals surface area contributed by atoms with Crippen LogP contribution in [0.15, 0.2) is 53.3 Å². The van der Waals surface area contributed by atoms with Crippen molar-refractivity contribution in [3.63, 3.8) is 0 Å². The molecule has 3 aromatic rings. The molecule has 0 spiro atoms. The molecular formula is C17H12F2N2O2. The number of aromatic nitrogens is 2. The lowest BCUT2D eigenvalue weighted by Crippen LogP contribution is -2.09. The first-order valence-corrected chi connectivity index (χ1v) is 6.84. The van der Waals surface area contributed by atoms with Crippen LogP contribution in [0.5, 0.6) is 5.75 Å². The van der Waals surface area contributed by atoms with Gasteiger partial charge in [-0.05, 0) is 30.4 Å². The number of halogens is 2. The SMILES string of the molecule is O=c1[nH]c(C=Cc2ccccc2OC(F)F)nc2ccccc12. The lowest BCUT2D eigenvalue weighted by molar-refractivity contribution is -0.0499. The Morgan fingerprint density at radius 2 is 1.78 bits per heavy atom. The summed E-state index contributed by atoms with van der Waals surface area (Å²) in [6.45, 7) is -2.90. The summed E-state index contributed by atoms with van der Waals surface area (Å²) < 4.78 is 29.2. The Morgan fingerprint density at radius 1 is 1.04 bits per heavy atom. The van der Waals surface area contributed by atoms with Crippen LogP contribution in [0.4, 0.5) is 8.78 Å². The van der Waals surface area contributed by atoms with E-state index in [4.69, 9.17) is 0 Å². The third-order valence-electron chi connectivity index (χ3n) is 3.19. The fourth-order valence-electron chi connectivity index (χ4n) is 2.17. The summed E-state index contributed by atoms with van der Waals surface area (Å²) in [5, 5.41) is 0.492.